The molecule has 0 spiro atoms. The first kappa shape index (κ1) is 12.5. The van der Waals surface area contributed by atoms with Crippen LogP contribution in [-0.2, 0) is 14.9 Å². The van der Waals surface area contributed by atoms with Gasteiger partial charge in [0.2, 0.25) is 10.0 Å². The average Bonchev–Trinajstić information content (AvgIpc) is 2.84. The third-order valence-corrected chi connectivity index (χ3v) is 4.69. The Hall–Kier alpha value is -0.910. The number of rotatable bonds is 4. The average molecular weight is 255 g/mol. The predicted molar refractivity (Wildman–Crippen MR) is 65.9 cm³/mol. The SMILES string of the molecule is CC(CS(=O)(=O)N1CCCO1)c1ccccc1. The molecule has 0 bridgehead atoms. The quantitative estimate of drug-likeness (QED) is 0.823. The summed E-state index contributed by atoms with van der Waals surface area (Å²) in [6.45, 7) is 2.89. The van der Waals surface area contributed by atoms with Gasteiger partial charge in [-0.15, -0.1) is 0 Å². The molecule has 4 nitrogen and oxygen atoms in total. The second kappa shape index (κ2) is 5.16. The molecule has 1 saturated heterocycles. The van der Waals surface area contributed by atoms with E-state index in [9.17, 15) is 8.42 Å². The van der Waals surface area contributed by atoms with Crippen molar-refractivity contribution in [2.24, 2.45) is 0 Å². The van der Waals surface area contributed by atoms with E-state index < -0.39 is 10.0 Å². The maximum Gasteiger partial charge on any atom is 0.236 e. The standard InChI is InChI=1S/C12H17NO3S/c1-11(12-6-3-2-4-7-12)10-17(14,15)13-8-5-9-16-13/h2-4,6-7,11H,5,8-10H2,1H3. The van der Waals surface area contributed by atoms with Gasteiger partial charge in [-0.1, -0.05) is 41.7 Å². The molecular weight excluding hydrogens is 238 g/mol. The maximum absolute atomic E-state index is 12.0. The lowest BCUT2D eigenvalue weighted by Crippen LogP contribution is -2.31. The Morgan fingerprint density at radius 1 is 1.35 bits per heavy atom. The summed E-state index contributed by atoms with van der Waals surface area (Å²) < 4.78 is 25.2. The molecule has 0 amide bonds. The normalized spacial score (nSPS) is 19.4. The molecule has 1 aromatic carbocycles. The van der Waals surface area contributed by atoms with Crippen molar-refractivity contribution in [3.8, 4) is 0 Å². The molecular formula is C12H17NO3S. The van der Waals surface area contributed by atoms with Crippen molar-refractivity contribution in [3.05, 3.63) is 35.9 Å². The summed E-state index contributed by atoms with van der Waals surface area (Å²) in [6.07, 6.45) is 0.777. The first-order chi connectivity index (χ1) is 8.09. The van der Waals surface area contributed by atoms with Crippen molar-refractivity contribution < 1.29 is 13.3 Å². The highest BCUT2D eigenvalue weighted by atomic mass is 32.2. The molecule has 0 N–H and O–H groups in total. The molecule has 1 aliphatic heterocycles. The summed E-state index contributed by atoms with van der Waals surface area (Å²) in [4.78, 5) is 5.10. The molecule has 1 fully saturated rings. The number of hydrogen-bond acceptors (Lipinski definition) is 3. The second-order valence-electron chi connectivity index (χ2n) is 4.30. The molecule has 1 heterocycles. The molecule has 0 aliphatic carbocycles. The molecule has 0 radical (unpaired) electrons. The third-order valence-electron chi connectivity index (χ3n) is 2.86. The zero-order valence-corrected chi connectivity index (χ0v) is 10.7. The van der Waals surface area contributed by atoms with Crippen LogP contribution in [0.4, 0.5) is 0 Å². The third kappa shape index (κ3) is 3.06. The first-order valence-electron chi connectivity index (χ1n) is 5.78. The predicted octanol–water partition coefficient (Wildman–Crippen LogP) is 1.76. The molecule has 2 rings (SSSR count). The van der Waals surface area contributed by atoms with Gasteiger partial charge in [-0.05, 0) is 17.9 Å². The monoisotopic (exact) mass is 255 g/mol. The second-order valence-corrected chi connectivity index (χ2v) is 6.21. The zero-order valence-electron chi connectivity index (χ0n) is 9.87. The van der Waals surface area contributed by atoms with Crippen molar-refractivity contribution in [1.29, 1.82) is 0 Å². The lowest BCUT2D eigenvalue weighted by molar-refractivity contribution is -0.0285. The van der Waals surface area contributed by atoms with Gasteiger partial charge in [0.1, 0.15) is 0 Å². The number of sulfonamides is 1. The Morgan fingerprint density at radius 2 is 2.06 bits per heavy atom. The van der Waals surface area contributed by atoms with E-state index in [1.54, 1.807) is 0 Å². The molecule has 0 saturated carbocycles. The van der Waals surface area contributed by atoms with E-state index in [1.807, 2.05) is 37.3 Å². The fourth-order valence-electron chi connectivity index (χ4n) is 1.92. The van der Waals surface area contributed by atoms with E-state index in [-0.39, 0.29) is 11.7 Å². The van der Waals surface area contributed by atoms with Gasteiger partial charge in [0, 0.05) is 6.54 Å². The number of nitrogens with zero attached hydrogens (tertiary/aromatic N) is 1. The van der Waals surface area contributed by atoms with Crippen LogP contribution in [0.3, 0.4) is 0 Å². The van der Waals surface area contributed by atoms with E-state index in [0.29, 0.717) is 13.2 Å². The van der Waals surface area contributed by atoms with E-state index in [1.165, 1.54) is 0 Å². The van der Waals surface area contributed by atoms with Gasteiger partial charge in [-0.3, -0.25) is 4.84 Å². The van der Waals surface area contributed by atoms with Crippen molar-refractivity contribution in [1.82, 2.24) is 4.47 Å². The molecule has 94 valence electrons. The molecule has 1 unspecified atom stereocenters. The van der Waals surface area contributed by atoms with Crippen LogP contribution in [0, 0.1) is 0 Å². The van der Waals surface area contributed by atoms with Crippen LogP contribution in [-0.4, -0.2) is 31.8 Å². The van der Waals surface area contributed by atoms with Gasteiger partial charge in [0.15, 0.2) is 0 Å². The first-order valence-corrected chi connectivity index (χ1v) is 7.39. The van der Waals surface area contributed by atoms with Crippen LogP contribution >= 0.6 is 0 Å². The van der Waals surface area contributed by atoms with Gasteiger partial charge < -0.3 is 0 Å². The fraction of sp³-hybridized carbons (Fsp3) is 0.500. The Bertz CT molecular complexity index is 452. The molecule has 1 aromatic rings. The van der Waals surface area contributed by atoms with Gasteiger partial charge in [-0.2, -0.15) is 0 Å². The maximum atomic E-state index is 12.0. The smallest absolute Gasteiger partial charge is 0.236 e. The molecule has 5 heteroatoms. The number of benzene rings is 1. The lowest BCUT2D eigenvalue weighted by atomic mass is 10.0. The highest BCUT2D eigenvalue weighted by molar-refractivity contribution is 7.89. The van der Waals surface area contributed by atoms with E-state index in [0.717, 1.165) is 16.5 Å². The van der Waals surface area contributed by atoms with Gasteiger partial charge >= 0.3 is 0 Å². The summed E-state index contributed by atoms with van der Waals surface area (Å²) in [7, 11) is -3.30. The Labute approximate surface area is 102 Å². The minimum absolute atomic E-state index is 0.0228. The van der Waals surface area contributed by atoms with Crippen molar-refractivity contribution in [3.63, 3.8) is 0 Å². The van der Waals surface area contributed by atoms with E-state index in [2.05, 4.69) is 0 Å². The summed E-state index contributed by atoms with van der Waals surface area (Å²) in [5.74, 6) is 0.0715. The largest absolute Gasteiger partial charge is 0.284 e. The minimum Gasteiger partial charge on any atom is -0.284 e. The molecule has 17 heavy (non-hydrogen) atoms. The van der Waals surface area contributed by atoms with Crippen molar-refractivity contribution in [2.75, 3.05) is 18.9 Å². The van der Waals surface area contributed by atoms with Gasteiger partial charge in [0.05, 0.1) is 12.4 Å². The van der Waals surface area contributed by atoms with Crippen LogP contribution in [0.2, 0.25) is 0 Å². The van der Waals surface area contributed by atoms with Crippen LogP contribution in [0.1, 0.15) is 24.8 Å². The van der Waals surface area contributed by atoms with Gasteiger partial charge in [-0.25, -0.2) is 8.42 Å². The highest BCUT2D eigenvalue weighted by Gasteiger charge is 2.28. The Morgan fingerprint density at radius 3 is 2.65 bits per heavy atom. The van der Waals surface area contributed by atoms with E-state index >= 15 is 0 Å². The Kier molecular flexibility index (Phi) is 3.81. The van der Waals surface area contributed by atoms with Crippen LogP contribution < -0.4 is 0 Å². The summed E-state index contributed by atoms with van der Waals surface area (Å²) >= 11 is 0. The summed E-state index contributed by atoms with van der Waals surface area (Å²) in [5, 5.41) is 0. The summed E-state index contributed by atoms with van der Waals surface area (Å²) in [5.41, 5.74) is 1.04. The van der Waals surface area contributed by atoms with Crippen molar-refractivity contribution in [2.45, 2.75) is 19.3 Å². The fourth-order valence-corrected chi connectivity index (χ4v) is 3.55. The highest BCUT2D eigenvalue weighted by Crippen LogP contribution is 2.20. The minimum atomic E-state index is -3.30. The molecule has 0 aromatic heterocycles. The van der Waals surface area contributed by atoms with Crippen LogP contribution in [0.15, 0.2) is 30.3 Å². The lowest BCUT2D eigenvalue weighted by Gasteiger charge is -2.18. The number of hydroxylamine groups is 1. The van der Waals surface area contributed by atoms with Gasteiger partial charge in [0.25, 0.3) is 0 Å². The van der Waals surface area contributed by atoms with E-state index in [4.69, 9.17) is 4.84 Å². The number of hydrogen-bond donors (Lipinski definition) is 0. The van der Waals surface area contributed by atoms with Crippen LogP contribution in [0.25, 0.3) is 0 Å². The zero-order chi connectivity index (χ0) is 12.3. The topological polar surface area (TPSA) is 46.6 Å². The Balaban J connectivity index is 2.05. The summed E-state index contributed by atoms with van der Waals surface area (Å²) in [6, 6.07) is 9.67. The van der Waals surface area contributed by atoms with Crippen molar-refractivity contribution >= 4 is 10.0 Å². The molecule has 1 atom stereocenters. The van der Waals surface area contributed by atoms with Crippen LogP contribution in [0.5, 0.6) is 0 Å². The molecule has 1 aliphatic rings.